The normalized spacial score (nSPS) is 14.3. The molecule has 31 heavy (non-hydrogen) atoms. The highest BCUT2D eigenvalue weighted by Crippen LogP contribution is 2.31. The minimum absolute atomic E-state index is 0.00925. The predicted octanol–water partition coefficient (Wildman–Crippen LogP) is 3.09. The van der Waals surface area contributed by atoms with Crippen LogP contribution in [0.25, 0.3) is 0 Å². The molecule has 166 valence electrons. The van der Waals surface area contributed by atoms with Crippen molar-refractivity contribution in [2.24, 2.45) is 5.92 Å². The van der Waals surface area contributed by atoms with Gasteiger partial charge in [-0.1, -0.05) is 24.5 Å². The number of urea groups is 1. The number of carbonyl (C=O) groups is 3. The van der Waals surface area contributed by atoms with Gasteiger partial charge in [-0.15, -0.1) is 11.3 Å². The Hall–Kier alpha value is -2.79. The van der Waals surface area contributed by atoms with Crippen molar-refractivity contribution in [3.05, 3.63) is 40.4 Å². The van der Waals surface area contributed by atoms with Crippen LogP contribution in [-0.4, -0.2) is 37.4 Å². The molecule has 0 saturated heterocycles. The zero-order valence-electron chi connectivity index (χ0n) is 17.2. The van der Waals surface area contributed by atoms with Crippen molar-refractivity contribution in [3.8, 4) is 0 Å². The molecule has 1 fully saturated rings. The summed E-state index contributed by atoms with van der Waals surface area (Å²) in [7, 11) is -3.64. The number of amides is 3. The number of anilines is 2. The van der Waals surface area contributed by atoms with Gasteiger partial charge in [-0.25, -0.2) is 18.2 Å². The maximum absolute atomic E-state index is 12.9. The van der Waals surface area contributed by atoms with Crippen molar-refractivity contribution in [2.75, 3.05) is 16.9 Å². The lowest BCUT2D eigenvalue weighted by molar-refractivity contribution is -0.118. The van der Waals surface area contributed by atoms with E-state index in [1.807, 2.05) is 17.7 Å². The number of thiazole rings is 1. The molecule has 3 rings (SSSR count). The van der Waals surface area contributed by atoms with Crippen LogP contribution >= 0.6 is 11.3 Å². The molecular formula is C20H24N4O5S2. The first-order chi connectivity index (χ1) is 14.6. The van der Waals surface area contributed by atoms with Crippen molar-refractivity contribution in [1.29, 1.82) is 0 Å². The van der Waals surface area contributed by atoms with Crippen molar-refractivity contribution >= 4 is 49.9 Å². The number of carbonyl (C=O) groups excluding carboxylic acids is 3. The Kier molecular flexibility index (Phi) is 7.06. The monoisotopic (exact) mass is 464 g/mol. The highest BCUT2D eigenvalue weighted by Gasteiger charge is 2.26. The third-order valence-electron chi connectivity index (χ3n) is 4.83. The van der Waals surface area contributed by atoms with E-state index in [2.05, 4.69) is 15.6 Å². The van der Waals surface area contributed by atoms with Crippen molar-refractivity contribution in [2.45, 2.75) is 39.0 Å². The second-order valence-electron chi connectivity index (χ2n) is 7.59. The molecule has 1 aromatic heterocycles. The maximum Gasteiger partial charge on any atom is 0.325 e. The SMILES string of the molecule is Cc1ccc(NC(=O)Nc2nc(CC(=O)NS(C)(=O)=O)cs2)c(C(=O)C2CCCC2)c1. The molecule has 0 bridgehead atoms. The van der Waals surface area contributed by atoms with Crippen molar-refractivity contribution in [1.82, 2.24) is 9.71 Å². The number of nitrogens with zero attached hydrogens (tertiary/aromatic N) is 1. The molecule has 0 spiro atoms. The summed E-state index contributed by atoms with van der Waals surface area (Å²) in [5.74, 6) is -0.673. The first kappa shape index (κ1) is 22.9. The summed E-state index contributed by atoms with van der Waals surface area (Å²) in [5.41, 5.74) is 2.20. The Balaban J connectivity index is 1.64. The molecule has 0 unspecified atom stereocenters. The van der Waals surface area contributed by atoms with Gasteiger partial charge in [0.15, 0.2) is 10.9 Å². The third kappa shape index (κ3) is 6.59. The van der Waals surface area contributed by atoms with Crippen LogP contribution in [0, 0.1) is 12.8 Å². The summed E-state index contributed by atoms with van der Waals surface area (Å²) in [6, 6.07) is 4.76. The Morgan fingerprint density at radius 3 is 2.55 bits per heavy atom. The van der Waals surface area contributed by atoms with Gasteiger partial charge in [0.05, 0.1) is 24.1 Å². The average Bonchev–Trinajstić information content (AvgIpc) is 3.33. The predicted molar refractivity (Wildman–Crippen MR) is 119 cm³/mol. The number of sulfonamides is 1. The van der Waals surface area contributed by atoms with Gasteiger partial charge in [0.1, 0.15) is 0 Å². The second-order valence-corrected chi connectivity index (χ2v) is 10.2. The number of aryl methyl sites for hydroxylation is 1. The molecule has 3 N–H and O–H groups in total. The summed E-state index contributed by atoms with van der Waals surface area (Å²) in [4.78, 5) is 41.2. The molecule has 1 saturated carbocycles. The van der Waals surface area contributed by atoms with Crippen LogP contribution in [0.5, 0.6) is 0 Å². The lowest BCUT2D eigenvalue weighted by Crippen LogP contribution is -2.30. The molecule has 9 nitrogen and oxygen atoms in total. The highest BCUT2D eigenvalue weighted by atomic mass is 32.2. The highest BCUT2D eigenvalue weighted by molar-refractivity contribution is 7.89. The summed E-state index contributed by atoms with van der Waals surface area (Å²) < 4.78 is 24.1. The van der Waals surface area contributed by atoms with Crippen LogP contribution < -0.4 is 15.4 Å². The molecule has 3 amide bonds. The molecule has 1 heterocycles. The molecule has 11 heteroatoms. The molecule has 1 aliphatic carbocycles. The lowest BCUT2D eigenvalue weighted by atomic mass is 9.94. The quantitative estimate of drug-likeness (QED) is 0.539. The van der Waals surface area contributed by atoms with E-state index in [1.165, 1.54) is 0 Å². The molecule has 0 aliphatic heterocycles. The lowest BCUT2D eigenvalue weighted by Gasteiger charge is -2.14. The van der Waals surface area contributed by atoms with Crippen molar-refractivity contribution < 1.29 is 22.8 Å². The van der Waals surface area contributed by atoms with Gasteiger partial charge in [-0.2, -0.15) is 0 Å². The smallest absolute Gasteiger partial charge is 0.307 e. The minimum Gasteiger partial charge on any atom is -0.307 e. The first-order valence-corrected chi connectivity index (χ1v) is 12.6. The number of benzene rings is 1. The molecule has 1 aliphatic rings. The summed E-state index contributed by atoms with van der Waals surface area (Å²) >= 11 is 1.10. The van der Waals surface area contributed by atoms with Gasteiger partial charge in [-0.05, 0) is 31.9 Å². The maximum atomic E-state index is 12.9. The number of aromatic nitrogens is 1. The molecular weight excluding hydrogens is 440 g/mol. The van der Waals surface area contributed by atoms with Crippen LogP contribution in [-0.2, 0) is 21.2 Å². The van der Waals surface area contributed by atoms with E-state index >= 15 is 0 Å². The van der Waals surface area contributed by atoms with Gasteiger partial charge in [0.25, 0.3) is 0 Å². The Bertz CT molecular complexity index is 1100. The largest absolute Gasteiger partial charge is 0.325 e. The number of hydrogen-bond acceptors (Lipinski definition) is 7. The average molecular weight is 465 g/mol. The zero-order valence-corrected chi connectivity index (χ0v) is 18.9. The van der Waals surface area contributed by atoms with Crippen LogP contribution in [0.15, 0.2) is 23.6 Å². The van der Waals surface area contributed by atoms with E-state index in [-0.39, 0.29) is 23.3 Å². The van der Waals surface area contributed by atoms with E-state index in [1.54, 1.807) is 17.5 Å². The van der Waals surface area contributed by atoms with E-state index < -0.39 is 22.0 Å². The summed E-state index contributed by atoms with van der Waals surface area (Å²) in [6.45, 7) is 1.90. The first-order valence-electron chi connectivity index (χ1n) is 9.78. The standard InChI is InChI=1S/C20H24N4O5S2/c1-12-7-8-16(15(9-12)18(26)13-5-3-4-6-13)22-19(27)23-20-21-14(11-30-20)10-17(25)24-31(2,28)29/h7-9,11,13H,3-6,10H2,1-2H3,(H,24,25)(H2,21,22,23,27). The molecule has 0 radical (unpaired) electrons. The molecule has 2 aromatic rings. The number of Topliss-reactive ketones (excluding diaryl/α,β-unsaturated/α-hetero) is 1. The van der Waals surface area contributed by atoms with E-state index in [4.69, 9.17) is 0 Å². The van der Waals surface area contributed by atoms with Gasteiger partial charge in [0, 0.05) is 16.9 Å². The van der Waals surface area contributed by atoms with Gasteiger partial charge < -0.3 is 5.32 Å². The van der Waals surface area contributed by atoms with Gasteiger partial charge >= 0.3 is 6.03 Å². The van der Waals surface area contributed by atoms with E-state index in [0.29, 0.717) is 16.9 Å². The van der Waals surface area contributed by atoms with Crippen LogP contribution in [0.3, 0.4) is 0 Å². The van der Waals surface area contributed by atoms with E-state index in [9.17, 15) is 22.8 Å². The Labute approximate surface area is 184 Å². The fourth-order valence-corrected chi connectivity index (χ4v) is 4.67. The fourth-order valence-electron chi connectivity index (χ4n) is 3.48. The van der Waals surface area contributed by atoms with Crippen LogP contribution in [0.4, 0.5) is 15.6 Å². The fraction of sp³-hybridized carbons (Fsp3) is 0.400. The minimum atomic E-state index is -3.64. The summed E-state index contributed by atoms with van der Waals surface area (Å²) in [5, 5.41) is 7.09. The van der Waals surface area contributed by atoms with Crippen molar-refractivity contribution in [3.63, 3.8) is 0 Å². The Morgan fingerprint density at radius 2 is 1.87 bits per heavy atom. The number of nitrogens with one attached hydrogen (secondary N) is 3. The topological polar surface area (TPSA) is 134 Å². The van der Waals surface area contributed by atoms with E-state index in [0.717, 1.165) is 48.8 Å². The van der Waals surface area contributed by atoms with Gasteiger partial charge in [-0.3, -0.25) is 19.6 Å². The number of hydrogen-bond donors (Lipinski definition) is 3. The summed E-state index contributed by atoms with van der Waals surface area (Å²) in [6.07, 6.45) is 4.48. The number of ketones is 1. The molecule has 1 aromatic carbocycles. The Morgan fingerprint density at radius 1 is 1.16 bits per heavy atom. The molecule has 0 atom stereocenters. The van der Waals surface area contributed by atoms with Crippen LogP contribution in [0.1, 0.15) is 47.3 Å². The second kappa shape index (κ2) is 9.56. The third-order valence-corrected chi connectivity index (χ3v) is 6.23. The number of rotatable bonds is 7. The van der Waals surface area contributed by atoms with Gasteiger partial charge in [0.2, 0.25) is 15.9 Å². The zero-order chi connectivity index (χ0) is 22.6. The van der Waals surface area contributed by atoms with Crippen LogP contribution in [0.2, 0.25) is 0 Å².